The Morgan fingerprint density at radius 3 is 2.74 bits per heavy atom. The van der Waals surface area contributed by atoms with Crippen LogP contribution in [0.15, 0.2) is 23.0 Å². The molecule has 1 aromatic heterocycles. The third-order valence-corrected chi connectivity index (χ3v) is 3.04. The van der Waals surface area contributed by atoms with Crippen molar-refractivity contribution in [2.24, 2.45) is 0 Å². The maximum absolute atomic E-state index is 11.9. The van der Waals surface area contributed by atoms with E-state index in [1.165, 1.54) is 0 Å². The molecule has 0 spiro atoms. The lowest BCUT2D eigenvalue weighted by Gasteiger charge is -2.07. The average molecular weight is 261 g/mol. The average Bonchev–Trinajstić information content (AvgIpc) is 2.37. The molecule has 0 radical (unpaired) electrons. The summed E-state index contributed by atoms with van der Waals surface area (Å²) >= 11 is 0. The third-order valence-electron chi connectivity index (χ3n) is 3.04. The number of ether oxygens (including phenoxy) is 1. The Kier molecular flexibility index (Phi) is 3.55. The van der Waals surface area contributed by atoms with Gasteiger partial charge in [-0.1, -0.05) is 0 Å². The molecule has 0 atom stereocenters. The van der Waals surface area contributed by atoms with Crippen molar-refractivity contribution in [2.45, 2.75) is 19.8 Å². The number of pyridine rings is 1. The van der Waals surface area contributed by atoms with E-state index < -0.39 is 5.97 Å². The Balaban J connectivity index is 2.53. The SMILES string of the molecule is COc1cc(C)c2[nH]c(=O)c(CCC(=O)O)cc2c1. The molecule has 19 heavy (non-hydrogen) atoms. The molecule has 100 valence electrons. The highest BCUT2D eigenvalue weighted by Gasteiger charge is 2.08. The van der Waals surface area contributed by atoms with Crippen molar-refractivity contribution >= 4 is 16.9 Å². The molecule has 5 heteroatoms. The fourth-order valence-corrected chi connectivity index (χ4v) is 2.06. The number of carbonyl (C=O) groups is 1. The first-order valence-electron chi connectivity index (χ1n) is 5.93. The van der Waals surface area contributed by atoms with Crippen LogP contribution in [0.3, 0.4) is 0 Å². The molecule has 0 amide bonds. The van der Waals surface area contributed by atoms with Crippen molar-refractivity contribution in [1.82, 2.24) is 4.98 Å². The van der Waals surface area contributed by atoms with Crippen molar-refractivity contribution in [2.75, 3.05) is 7.11 Å². The summed E-state index contributed by atoms with van der Waals surface area (Å²) in [5, 5.41) is 9.52. The van der Waals surface area contributed by atoms with Gasteiger partial charge in [0.05, 0.1) is 12.6 Å². The van der Waals surface area contributed by atoms with Gasteiger partial charge in [0.25, 0.3) is 5.56 Å². The maximum Gasteiger partial charge on any atom is 0.303 e. The van der Waals surface area contributed by atoms with E-state index in [4.69, 9.17) is 9.84 Å². The Morgan fingerprint density at radius 1 is 1.37 bits per heavy atom. The third kappa shape index (κ3) is 2.76. The number of fused-ring (bicyclic) bond motifs is 1. The van der Waals surface area contributed by atoms with Crippen molar-refractivity contribution in [3.8, 4) is 5.75 Å². The fraction of sp³-hybridized carbons (Fsp3) is 0.286. The van der Waals surface area contributed by atoms with Crippen LogP contribution in [0.25, 0.3) is 10.9 Å². The maximum atomic E-state index is 11.9. The molecular formula is C14H15NO4. The van der Waals surface area contributed by atoms with E-state index in [0.717, 1.165) is 16.5 Å². The zero-order valence-electron chi connectivity index (χ0n) is 10.8. The Morgan fingerprint density at radius 2 is 2.11 bits per heavy atom. The van der Waals surface area contributed by atoms with E-state index in [1.54, 1.807) is 13.2 Å². The number of hydrogen-bond donors (Lipinski definition) is 2. The molecule has 1 heterocycles. The van der Waals surface area contributed by atoms with Gasteiger partial charge in [0.1, 0.15) is 5.75 Å². The van der Waals surface area contributed by atoms with Crippen LogP contribution in [-0.4, -0.2) is 23.2 Å². The number of aromatic nitrogens is 1. The first kappa shape index (κ1) is 13.1. The summed E-state index contributed by atoms with van der Waals surface area (Å²) < 4.78 is 5.19. The Hall–Kier alpha value is -2.30. The molecule has 0 unspecified atom stereocenters. The van der Waals surface area contributed by atoms with E-state index >= 15 is 0 Å². The Labute approximate surface area is 109 Å². The summed E-state index contributed by atoms with van der Waals surface area (Å²) in [6.45, 7) is 1.89. The van der Waals surface area contributed by atoms with Crippen LogP contribution in [0.5, 0.6) is 5.75 Å². The largest absolute Gasteiger partial charge is 0.497 e. The van der Waals surface area contributed by atoms with Crippen LogP contribution in [0.1, 0.15) is 17.5 Å². The number of nitrogens with one attached hydrogen (secondary N) is 1. The van der Waals surface area contributed by atoms with Crippen molar-refractivity contribution in [1.29, 1.82) is 0 Å². The van der Waals surface area contributed by atoms with Gasteiger partial charge in [-0.15, -0.1) is 0 Å². The molecule has 2 rings (SSSR count). The number of H-pyrrole nitrogens is 1. The second-order valence-corrected chi connectivity index (χ2v) is 4.43. The zero-order valence-corrected chi connectivity index (χ0v) is 10.8. The molecule has 1 aromatic carbocycles. The highest BCUT2D eigenvalue weighted by molar-refractivity contribution is 5.83. The number of hydrogen-bond acceptors (Lipinski definition) is 3. The molecule has 0 aliphatic heterocycles. The number of aliphatic carboxylic acids is 1. The molecule has 2 aromatic rings. The van der Waals surface area contributed by atoms with Gasteiger partial charge in [0.15, 0.2) is 0 Å². The number of methoxy groups -OCH3 is 1. The first-order valence-corrected chi connectivity index (χ1v) is 5.93. The first-order chi connectivity index (χ1) is 9.01. The number of carboxylic acid groups (broad SMARTS) is 1. The Bertz CT molecular complexity index is 688. The van der Waals surface area contributed by atoms with Gasteiger partial charge in [-0.2, -0.15) is 0 Å². The van der Waals surface area contributed by atoms with Crippen LogP contribution in [0.4, 0.5) is 0 Å². The lowest BCUT2D eigenvalue weighted by molar-refractivity contribution is -0.136. The minimum atomic E-state index is -0.915. The number of carboxylic acids is 1. The predicted molar refractivity (Wildman–Crippen MR) is 71.8 cm³/mol. The normalized spacial score (nSPS) is 10.6. The molecule has 0 saturated carbocycles. The van der Waals surface area contributed by atoms with E-state index in [9.17, 15) is 9.59 Å². The van der Waals surface area contributed by atoms with E-state index in [-0.39, 0.29) is 18.4 Å². The van der Waals surface area contributed by atoms with Crippen molar-refractivity contribution in [3.63, 3.8) is 0 Å². The lowest BCUT2D eigenvalue weighted by atomic mass is 10.1. The minimum absolute atomic E-state index is 0.0580. The fourth-order valence-electron chi connectivity index (χ4n) is 2.06. The monoisotopic (exact) mass is 261 g/mol. The molecule has 0 aliphatic rings. The summed E-state index contributed by atoms with van der Waals surface area (Å²) in [7, 11) is 1.58. The summed E-state index contributed by atoms with van der Waals surface area (Å²) in [6.07, 6.45) is 0.161. The summed E-state index contributed by atoms with van der Waals surface area (Å²) in [5.74, 6) is -0.206. The number of aryl methyl sites for hydroxylation is 2. The summed E-state index contributed by atoms with van der Waals surface area (Å²) in [6, 6.07) is 5.39. The van der Waals surface area contributed by atoms with Crippen LogP contribution in [0, 0.1) is 6.92 Å². The molecule has 5 nitrogen and oxygen atoms in total. The standard InChI is InChI=1S/C14H15NO4/c1-8-5-11(19-2)7-10-6-9(3-4-12(16)17)14(18)15-13(8)10/h5-7H,3-4H2,1-2H3,(H,15,18)(H,16,17). The summed E-state index contributed by atoms with van der Waals surface area (Å²) in [5.41, 5.74) is 1.91. The van der Waals surface area contributed by atoms with E-state index in [2.05, 4.69) is 4.98 Å². The van der Waals surface area contributed by atoms with Gasteiger partial charge in [-0.25, -0.2) is 0 Å². The molecule has 0 bridgehead atoms. The second-order valence-electron chi connectivity index (χ2n) is 4.43. The quantitative estimate of drug-likeness (QED) is 0.880. The summed E-state index contributed by atoms with van der Waals surface area (Å²) in [4.78, 5) is 25.2. The van der Waals surface area contributed by atoms with Crippen LogP contribution >= 0.6 is 0 Å². The molecule has 0 fully saturated rings. The van der Waals surface area contributed by atoms with Crippen LogP contribution < -0.4 is 10.3 Å². The smallest absolute Gasteiger partial charge is 0.303 e. The van der Waals surface area contributed by atoms with Gasteiger partial charge in [0, 0.05) is 17.4 Å². The van der Waals surface area contributed by atoms with E-state index in [0.29, 0.717) is 11.3 Å². The molecule has 0 saturated heterocycles. The molecular weight excluding hydrogens is 246 g/mol. The molecule has 0 aliphatic carbocycles. The minimum Gasteiger partial charge on any atom is -0.497 e. The zero-order chi connectivity index (χ0) is 14.0. The van der Waals surface area contributed by atoms with Crippen molar-refractivity contribution in [3.05, 3.63) is 39.7 Å². The highest BCUT2D eigenvalue weighted by Crippen LogP contribution is 2.23. The van der Waals surface area contributed by atoms with Crippen LogP contribution in [-0.2, 0) is 11.2 Å². The van der Waals surface area contributed by atoms with Crippen LogP contribution in [0.2, 0.25) is 0 Å². The van der Waals surface area contributed by atoms with Gasteiger partial charge in [-0.05, 0) is 37.1 Å². The van der Waals surface area contributed by atoms with Gasteiger partial charge >= 0.3 is 5.97 Å². The number of rotatable bonds is 4. The van der Waals surface area contributed by atoms with Crippen molar-refractivity contribution < 1.29 is 14.6 Å². The second kappa shape index (κ2) is 5.14. The lowest BCUT2D eigenvalue weighted by Crippen LogP contribution is -2.14. The topological polar surface area (TPSA) is 79.4 Å². The van der Waals surface area contributed by atoms with Gasteiger partial charge < -0.3 is 14.8 Å². The van der Waals surface area contributed by atoms with Gasteiger partial charge in [0.2, 0.25) is 0 Å². The van der Waals surface area contributed by atoms with E-state index in [1.807, 2.05) is 19.1 Å². The van der Waals surface area contributed by atoms with Gasteiger partial charge in [-0.3, -0.25) is 9.59 Å². The number of benzene rings is 1. The number of aromatic amines is 1. The molecule has 2 N–H and O–H groups in total. The highest BCUT2D eigenvalue weighted by atomic mass is 16.5. The predicted octanol–water partition coefficient (Wildman–Crippen LogP) is 1.86.